The van der Waals surface area contributed by atoms with Gasteiger partial charge in [-0.1, -0.05) is 13.3 Å². The predicted molar refractivity (Wildman–Crippen MR) is 59.3 cm³/mol. The Bertz CT molecular complexity index is 226. The smallest absolute Gasteiger partial charge is 0.320 e. The van der Waals surface area contributed by atoms with Gasteiger partial charge in [0, 0.05) is 18.8 Å². The molecular weight excluding hydrogens is 210 g/mol. The summed E-state index contributed by atoms with van der Waals surface area (Å²) in [5, 5.41) is 21.6. The number of aliphatic carboxylic acids is 1. The molecule has 5 nitrogen and oxygen atoms in total. The van der Waals surface area contributed by atoms with E-state index in [-0.39, 0.29) is 6.61 Å². The quantitative estimate of drug-likeness (QED) is 0.615. The van der Waals surface area contributed by atoms with E-state index in [1.807, 2.05) is 6.92 Å². The second-order valence-electron chi connectivity index (χ2n) is 4.37. The number of ether oxygens (including phenoxy) is 1. The lowest BCUT2D eigenvalue weighted by atomic mass is 9.89. The van der Waals surface area contributed by atoms with Crippen molar-refractivity contribution in [2.45, 2.75) is 44.2 Å². The summed E-state index contributed by atoms with van der Waals surface area (Å²) in [5.74, 6) is -0.846. The van der Waals surface area contributed by atoms with Crippen molar-refractivity contribution in [1.82, 2.24) is 5.32 Å². The number of carbonyl (C=O) groups is 1. The molecule has 1 fully saturated rings. The molecule has 0 aromatic carbocycles. The molecule has 3 N–H and O–H groups in total. The van der Waals surface area contributed by atoms with E-state index in [9.17, 15) is 9.90 Å². The van der Waals surface area contributed by atoms with Gasteiger partial charge in [-0.15, -0.1) is 0 Å². The summed E-state index contributed by atoms with van der Waals surface area (Å²) in [7, 11) is 0. The third-order valence-corrected chi connectivity index (χ3v) is 3.11. The molecule has 1 aliphatic rings. The molecule has 1 heterocycles. The molecule has 0 aromatic heterocycles. The van der Waals surface area contributed by atoms with E-state index in [1.54, 1.807) is 0 Å². The van der Waals surface area contributed by atoms with Crippen LogP contribution in [0.3, 0.4) is 0 Å². The normalized spacial score (nSPS) is 21.6. The average Bonchev–Trinajstić information content (AvgIpc) is 2.29. The number of aliphatic hydroxyl groups is 1. The van der Waals surface area contributed by atoms with Crippen LogP contribution in [0.2, 0.25) is 0 Å². The third kappa shape index (κ3) is 3.43. The van der Waals surface area contributed by atoms with Gasteiger partial charge in [-0.3, -0.25) is 10.1 Å². The summed E-state index contributed by atoms with van der Waals surface area (Å²) in [6.07, 6.45) is 2.72. The van der Waals surface area contributed by atoms with Gasteiger partial charge in [0.15, 0.2) is 0 Å². The van der Waals surface area contributed by atoms with Gasteiger partial charge < -0.3 is 14.9 Å². The van der Waals surface area contributed by atoms with Crippen LogP contribution in [0.25, 0.3) is 0 Å². The third-order valence-electron chi connectivity index (χ3n) is 3.11. The summed E-state index contributed by atoms with van der Waals surface area (Å²) in [6, 6.07) is -0.574. The molecule has 0 aromatic rings. The zero-order valence-corrected chi connectivity index (χ0v) is 9.74. The van der Waals surface area contributed by atoms with Crippen LogP contribution in [-0.4, -0.2) is 47.6 Å². The Morgan fingerprint density at radius 3 is 2.56 bits per heavy atom. The first kappa shape index (κ1) is 13.4. The van der Waals surface area contributed by atoms with Crippen molar-refractivity contribution >= 4 is 5.97 Å². The second kappa shape index (κ2) is 6.18. The zero-order valence-electron chi connectivity index (χ0n) is 9.74. The average molecular weight is 231 g/mol. The minimum atomic E-state index is -0.846. The second-order valence-corrected chi connectivity index (χ2v) is 4.37. The van der Waals surface area contributed by atoms with Crippen molar-refractivity contribution in [2.75, 3.05) is 19.8 Å². The van der Waals surface area contributed by atoms with Gasteiger partial charge in [0.05, 0.1) is 6.61 Å². The molecule has 0 bridgehead atoms. The first-order valence-electron chi connectivity index (χ1n) is 5.82. The molecule has 1 rings (SSSR count). The molecule has 1 unspecified atom stereocenters. The number of hydrogen-bond acceptors (Lipinski definition) is 4. The van der Waals surface area contributed by atoms with Gasteiger partial charge in [-0.05, 0) is 19.3 Å². The van der Waals surface area contributed by atoms with Crippen molar-refractivity contribution in [2.24, 2.45) is 0 Å². The first-order valence-corrected chi connectivity index (χ1v) is 5.82. The van der Waals surface area contributed by atoms with E-state index in [0.717, 1.165) is 6.42 Å². The largest absolute Gasteiger partial charge is 0.480 e. The first-order chi connectivity index (χ1) is 7.63. The SMILES string of the molecule is CCCC(NC1(CO)CCOCC1)C(=O)O. The highest BCUT2D eigenvalue weighted by Crippen LogP contribution is 2.21. The predicted octanol–water partition coefficient (Wildman–Crippen LogP) is 0.371. The van der Waals surface area contributed by atoms with Crippen molar-refractivity contribution in [3.05, 3.63) is 0 Å². The molecule has 0 aliphatic carbocycles. The number of nitrogens with one attached hydrogen (secondary N) is 1. The van der Waals surface area contributed by atoms with Gasteiger partial charge in [0.25, 0.3) is 0 Å². The van der Waals surface area contributed by atoms with E-state index in [0.29, 0.717) is 32.5 Å². The Morgan fingerprint density at radius 2 is 2.12 bits per heavy atom. The van der Waals surface area contributed by atoms with E-state index in [2.05, 4.69) is 5.32 Å². The summed E-state index contributed by atoms with van der Waals surface area (Å²) in [4.78, 5) is 11.0. The molecular formula is C11H21NO4. The Kier molecular flexibility index (Phi) is 5.18. The van der Waals surface area contributed by atoms with Crippen LogP contribution < -0.4 is 5.32 Å². The van der Waals surface area contributed by atoms with Crippen molar-refractivity contribution in [3.8, 4) is 0 Å². The van der Waals surface area contributed by atoms with Crippen LogP contribution in [0.1, 0.15) is 32.6 Å². The monoisotopic (exact) mass is 231 g/mol. The Balaban J connectivity index is 2.61. The minimum Gasteiger partial charge on any atom is -0.480 e. The van der Waals surface area contributed by atoms with E-state index in [1.165, 1.54) is 0 Å². The number of rotatable bonds is 6. The minimum absolute atomic E-state index is 0.0378. The Labute approximate surface area is 95.8 Å². The molecule has 16 heavy (non-hydrogen) atoms. The molecule has 0 radical (unpaired) electrons. The molecule has 1 saturated heterocycles. The van der Waals surface area contributed by atoms with Gasteiger partial charge >= 0.3 is 5.97 Å². The van der Waals surface area contributed by atoms with Crippen LogP contribution in [0.15, 0.2) is 0 Å². The lowest BCUT2D eigenvalue weighted by molar-refractivity contribution is -0.141. The summed E-state index contributed by atoms with van der Waals surface area (Å²) < 4.78 is 5.23. The number of hydrogen-bond donors (Lipinski definition) is 3. The van der Waals surface area contributed by atoms with Crippen LogP contribution in [-0.2, 0) is 9.53 Å². The van der Waals surface area contributed by atoms with Crippen LogP contribution >= 0.6 is 0 Å². The van der Waals surface area contributed by atoms with Crippen LogP contribution in [0, 0.1) is 0 Å². The van der Waals surface area contributed by atoms with E-state index < -0.39 is 17.6 Å². The fourth-order valence-electron chi connectivity index (χ4n) is 2.03. The van der Waals surface area contributed by atoms with E-state index >= 15 is 0 Å². The van der Waals surface area contributed by atoms with Crippen molar-refractivity contribution < 1.29 is 19.7 Å². The Hall–Kier alpha value is -0.650. The highest BCUT2D eigenvalue weighted by molar-refractivity contribution is 5.73. The summed E-state index contributed by atoms with van der Waals surface area (Å²) in [5.41, 5.74) is -0.476. The van der Waals surface area contributed by atoms with Gasteiger partial charge in [-0.2, -0.15) is 0 Å². The summed E-state index contributed by atoms with van der Waals surface area (Å²) in [6.45, 7) is 3.06. The van der Waals surface area contributed by atoms with Crippen LogP contribution in [0.5, 0.6) is 0 Å². The maximum absolute atomic E-state index is 11.0. The van der Waals surface area contributed by atoms with E-state index in [4.69, 9.17) is 9.84 Å². The molecule has 5 heteroatoms. The van der Waals surface area contributed by atoms with Gasteiger partial charge in [-0.25, -0.2) is 0 Å². The standard InChI is InChI=1S/C11H21NO4/c1-2-3-9(10(14)15)12-11(8-13)4-6-16-7-5-11/h9,12-13H,2-8H2,1H3,(H,14,15). The lowest BCUT2D eigenvalue weighted by Crippen LogP contribution is -2.58. The van der Waals surface area contributed by atoms with Gasteiger partial charge in [0.2, 0.25) is 0 Å². The topological polar surface area (TPSA) is 78.8 Å². The maximum atomic E-state index is 11.0. The fourth-order valence-corrected chi connectivity index (χ4v) is 2.03. The molecule has 94 valence electrons. The maximum Gasteiger partial charge on any atom is 0.320 e. The highest BCUT2D eigenvalue weighted by atomic mass is 16.5. The van der Waals surface area contributed by atoms with Crippen molar-refractivity contribution in [1.29, 1.82) is 0 Å². The molecule has 1 atom stereocenters. The number of aliphatic hydroxyl groups excluding tert-OH is 1. The number of carboxylic acid groups (broad SMARTS) is 1. The van der Waals surface area contributed by atoms with Gasteiger partial charge in [0.1, 0.15) is 6.04 Å². The Morgan fingerprint density at radius 1 is 1.50 bits per heavy atom. The lowest BCUT2D eigenvalue weighted by Gasteiger charge is -2.38. The molecule has 0 spiro atoms. The van der Waals surface area contributed by atoms with Crippen molar-refractivity contribution in [3.63, 3.8) is 0 Å². The number of carboxylic acids is 1. The summed E-state index contributed by atoms with van der Waals surface area (Å²) >= 11 is 0. The highest BCUT2D eigenvalue weighted by Gasteiger charge is 2.35. The zero-order chi connectivity index (χ0) is 12.0. The van der Waals surface area contributed by atoms with Crippen LogP contribution in [0.4, 0.5) is 0 Å². The fraction of sp³-hybridized carbons (Fsp3) is 0.909. The molecule has 0 saturated carbocycles. The molecule has 1 aliphatic heterocycles. The molecule has 0 amide bonds.